The minimum atomic E-state index is -4.42. The third-order valence-electron chi connectivity index (χ3n) is 4.09. The molecule has 2 aromatic carbocycles. The number of aliphatic hydroxyl groups excluding tert-OH is 1. The molecule has 0 aliphatic heterocycles. The molecule has 0 aliphatic carbocycles. The quantitative estimate of drug-likeness (QED) is 0.840. The molecule has 0 aromatic heterocycles. The zero-order valence-electron chi connectivity index (χ0n) is 14.9. The molecule has 0 aliphatic rings. The van der Waals surface area contributed by atoms with Crippen LogP contribution in [0.2, 0.25) is 0 Å². The number of carbonyl (C=O) groups is 1. The number of benzene rings is 2. The Balaban J connectivity index is 1.96. The smallest absolute Gasteiger partial charge is 0.387 e. The molecule has 2 N–H and O–H groups in total. The highest BCUT2D eigenvalue weighted by Gasteiger charge is 2.30. The van der Waals surface area contributed by atoms with Crippen LogP contribution in [0.5, 0.6) is 0 Å². The molecule has 1 atom stereocenters. The second-order valence-electron chi connectivity index (χ2n) is 7.17. The van der Waals surface area contributed by atoms with E-state index in [1.54, 1.807) is 12.1 Å². The third-order valence-corrected chi connectivity index (χ3v) is 4.09. The molecule has 140 valence electrons. The standard InChI is InChI=1S/C20H22F3NO2/c1-19(2,3)15-8-6-14(7-9-15)18(26)24-12-17(25)13-4-10-16(11-5-13)20(21,22)23/h4-11,17,25H,12H2,1-3H3,(H,24,26)/t17-/m0/s1. The van der Waals surface area contributed by atoms with Crippen LogP contribution in [-0.4, -0.2) is 17.6 Å². The van der Waals surface area contributed by atoms with Gasteiger partial charge < -0.3 is 10.4 Å². The van der Waals surface area contributed by atoms with Crippen molar-refractivity contribution in [3.8, 4) is 0 Å². The first-order valence-electron chi connectivity index (χ1n) is 8.22. The lowest BCUT2D eigenvalue weighted by atomic mass is 9.87. The molecule has 0 bridgehead atoms. The minimum absolute atomic E-state index is 0.0201. The summed E-state index contributed by atoms with van der Waals surface area (Å²) in [5, 5.41) is 12.7. The number of nitrogens with one attached hydrogen (secondary N) is 1. The van der Waals surface area contributed by atoms with Crippen molar-refractivity contribution in [1.29, 1.82) is 0 Å². The molecule has 0 spiro atoms. The van der Waals surface area contributed by atoms with Gasteiger partial charge in [0.2, 0.25) is 0 Å². The Morgan fingerprint density at radius 1 is 0.962 bits per heavy atom. The van der Waals surface area contributed by atoms with Crippen LogP contribution in [-0.2, 0) is 11.6 Å². The predicted molar refractivity (Wildman–Crippen MR) is 93.9 cm³/mol. The van der Waals surface area contributed by atoms with E-state index in [2.05, 4.69) is 26.1 Å². The fraction of sp³-hybridized carbons (Fsp3) is 0.350. The van der Waals surface area contributed by atoms with Gasteiger partial charge in [-0.15, -0.1) is 0 Å². The summed E-state index contributed by atoms with van der Waals surface area (Å²) < 4.78 is 37.6. The lowest BCUT2D eigenvalue weighted by molar-refractivity contribution is -0.137. The number of carbonyl (C=O) groups excluding carboxylic acids is 1. The summed E-state index contributed by atoms with van der Waals surface area (Å²) in [6.45, 7) is 6.12. The molecule has 0 saturated carbocycles. The van der Waals surface area contributed by atoms with E-state index in [0.29, 0.717) is 11.1 Å². The maximum atomic E-state index is 12.5. The summed E-state index contributed by atoms with van der Waals surface area (Å²) in [6.07, 6.45) is -5.51. The molecule has 3 nitrogen and oxygen atoms in total. The van der Waals surface area contributed by atoms with Crippen molar-refractivity contribution in [2.24, 2.45) is 0 Å². The highest BCUT2D eigenvalue weighted by Crippen LogP contribution is 2.29. The van der Waals surface area contributed by atoms with Gasteiger partial charge in [-0.1, -0.05) is 45.0 Å². The van der Waals surface area contributed by atoms with Gasteiger partial charge in [0.25, 0.3) is 5.91 Å². The molecular weight excluding hydrogens is 343 g/mol. The number of halogens is 3. The summed E-state index contributed by atoms with van der Waals surface area (Å²) in [6, 6.07) is 11.4. The average Bonchev–Trinajstić information content (AvgIpc) is 2.58. The molecule has 1 amide bonds. The van der Waals surface area contributed by atoms with Crippen LogP contribution >= 0.6 is 0 Å². The Labute approximate surface area is 150 Å². The molecular formula is C20H22F3NO2. The van der Waals surface area contributed by atoms with Gasteiger partial charge in [-0.05, 0) is 40.8 Å². The number of aliphatic hydroxyl groups is 1. The van der Waals surface area contributed by atoms with E-state index in [1.165, 1.54) is 12.1 Å². The Morgan fingerprint density at radius 3 is 1.92 bits per heavy atom. The second-order valence-corrected chi connectivity index (χ2v) is 7.17. The minimum Gasteiger partial charge on any atom is -0.387 e. The summed E-state index contributed by atoms with van der Waals surface area (Å²) in [5.74, 6) is -0.351. The van der Waals surface area contributed by atoms with E-state index >= 15 is 0 Å². The average molecular weight is 365 g/mol. The van der Waals surface area contributed by atoms with Gasteiger partial charge in [-0.3, -0.25) is 4.79 Å². The first-order chi connectivity index (χ1) is 12.0. The van der Waals surface area contributed by atoms with Gasteiger partial charge >= 0.3 is 6.18 Å². The van der Waals surface area contributed by atoms with Crippen molar-refractivity contribution in [1.82, 2.24) is 5.32 Å². The largest absolute Gasteiger partial charge is 0.416 e. The Bertz CT molecular complexity index is 745. The Kier molecular flexibility index (Phi) is 5.76. The topological polar surface area (TPSA) is 49.3 Å². The fourth-order valence-corrected chi connectivity index (χ4v) is 2.43. The third kappa shape index (κ3) is 5.08. The first kappa shape index (κ1) is 20.0. The van der Waals surface area contributed by atoms with E-state index < -0.39 is 17.8 Å². The number of amides is 1. The Hall–Kier alpha value is -2.34. The first-order valence-corrected chi connectivity index (χ1v) is 8.22. The molecule has 0 heterocycles. The molecule has 0 unspecified atom stereocenters. The molecule has 2 aromatic rings. The van der Waals surface area contributed by atoms with Gasteiger partial charge in [0, 0.05) is 12.1 Å². The van der Waals surface area contributed by atoms with Crippen LogP contribution < -0.4 is 5.32 Å². The summed E-state index contributed by atoms with van der Waals surface area (Å²) in [4.78, 5) is 12.2. The van der Waals surface area contributed by atoms with E-state index in [4.69, 9.17) is 0 Å². The fourth-order valence-electron chi connectivity index (χ4n) is 2.43. The van der Waals surface area contributed by atoms with Crippen molar-refractivity contribution < 1.29 is 23.1 Å². The van der Waals surface area contributed by atoms with E-state index in [1.807, 2.05) is 12.1 Å². The van der Waals surface area contributed by atoms with Crippen LogP contribution in [0.15, 0.2) is 48.5 Å². The highest BCUT2D eigenvalue weighted by molar-refractivity contribution is 5.94. The SMILES string of the molecule is CC(C)(C)c1ccc(C(=O)NC[C@H](O)c2ccc(C(F)(F)F)cc2)cc1. The monoisotopic (exact) mass is 365 g/mol. The number of alkyl halides is 3. The maximum absolute atomic E-state index is 12.5. The van der Waals surface area contributed by atoms with Crippen LogP contribution in [0.3, 0.4) is 0 Å². The zero-order valence-corrected chi connectivity index (χ0v) is 14.9. The number of rotatable bonds is 4. The lowest BCUT2D eigenvalue weighted by Crippen LogP contribution is -2.28. The van der Waals surface area contributed by atoms with Crippen molar-refractivity contribution in [2.45, 2.75) is 38.5 Å². The van der Waals surface area contributed by atoms with Crippen molar-refractivity contribution in [2.75, 3.05) is 6.54 Å². The Morgan fingerprint density at radius 2 is 1.46 bits per heavy atom. The molecule has 6 heteroatoms. The van der Waals surface area contributed by atoms with Gasteiger partial charge in [0.15, 0.2) is 0 Å². The van der Waals surface area contributed by atoms with Gasteiger partial charge in [0.1, 0.15) is 0 Å². The highest BCUT2D eigenvalue weighted by atomic mass is 19.4. The van der Waals surface area contributed by atoms with E-state index in [9.17, 15) is 23.1 Å². The normalized spacial score (nSPS) is 13.3. The molecule has 26 heavy (non-hydrogen) atoms. The van der Waals surface area contributed by atoms with Crippen LogP contribution in [0, 0.1) is 0 Å². The maximum Gasteiger partial charge on any atom is 0.416 e. The van der Waals surface area contributed by atoms with Crippen LogP contribution in [0.4, 0.5) is 13.2 Å². The van der Waals surface area contributed by atoms with Crippen LogP contribution in [0.25, 0.3) is 0 Å². The van der Waals surface area contributed by atoms with Crippen molar-refractivity contribution in [3.05, 3.63) is 70.8 Å². The number of hydrogen-bond donors (Lipinski definition) is 2. The number of hydrogen-bond acceptors (Lipinski definition) is 2. The lowest BCUT2D eigenvalue weighted by Gasteiger charge is -2.19. The molecule has 2 rings (SSSR count). The summed E-state index contributed by atoms with van der Waals surface area (Å²) >= 11 is 0. The van der Waals surface area contributed by atoms with Crippen LogP contribution in [0.1, 0.15) is 53.9 Å². The zero-order chi connectivity index (χ0) is 19.5. The summed E-state index contributed by atoms with van der Waals surface area (Å²) in [7, 11) is 0. The van der Waals surface area contributed by atoms with Crippen molar-refractivity contribution >= 4 is 5.91 Å². The summed E-state index contributed by atoms with van der Waals surface area (Å²) in [5.41, 5.74) is 1.06. The van der Waals surface area contributed by atoms with Gasteiger partial charge in [-0.2, -0.15) is 13.2 Å². The molecule has 0 saturated heterocycles. The predicted octanol–water partition coefficient (Wildman–Crippen LogP) is 4.47. The molecule has 0 radical (unpaired) electrons. The van der Waals surface area contributed by atoms with E-state index in [-0.39, 0.29) is 17.9 Å². The second kappa shape index (κ2) is 7.50. The van der Waals surface area contributed by atoms with Gasteiger partial charge in [-0.25, -0.2) is 0 Å². The van der Waals surface area contributed by atoms with E-state index in [0.717, 1.165) is 17.7 Å². The molecule has 0 fully saturated rings. The van der Waals surface area contributed by atoms with Crippen molar-refractivity contribution in [3.63, 3.8) is 0 Å². The van der Waals surface area contributed by atoms with Gasteiger partial charge in [0.05, 0.1) is 11.7 Å².